The second-order valence-corrected chi connectivity index (χ2v) is 7.75. The monoisotopic (exact) mass is 357 g/mol. The van der Waals surface area contributed by atoms with Crippen LogP contribution >= 0.6 is 11.3 Å². The lowest BCUT2D eigenvalue weighted by Gasteiger charge is -2.13. The first-order chi connectivity index (χ1) is 12.0. The predicted octanol–water partition coefficient (Wildman–Crippen LogP) is 3.45. The largest absolute Gasteiger partial charge is 0.322 e. The molecule has 7 heteroatoms. The van der Waals surface area contributed by atoms with Crippen LogP contribution in [0.3, 0.4) is 0 Å². The zero-order chi connectivity index (χ0) is 17.7. The van der Waals surface area contributed by atoms with Gasteiger partial charge >= 0.3 is 0 Å². The standard InChI is InChI=1S/C18H23N5OS/c1-5-23-17(24)14-12-8-6-7-9-13(12)25-16(14)20-18(23)19-15-10(2)21-22(4)11(15)3/h5-9H2,1-4H3,(H,19,20). The number of aryl methyl sites for hydroxylation is 4. The second-order valence-electron chi connectivity index (χ2n) is 6.67. The minimum Gasteiger partial charge on any atom is -0.322 e. The molecule has 0 spiro atoms. The molecule has 3 aromatic rings. The van der Waals surface area contributed by atoms with E-state index in [9.17, 15) is 4.79 Å². The molecule has 0 amide bonds. The Morgan fingerprint density at radius 3 is 2.68 bits per heavy atom. The lowest BCUT2D eigenvalue weighted by atomic mass is 9.97. The van der Waals surface area contributed by atoms with E-state index in [4.69, 9.17) is 4.98 Å². The van der Waals surface area contributed by atoms with E-state index in [0.717, 1.165) is 40.1 Å². The summed E-state index contributed by atoms with van der Waals surface area (Å²) in [5.41, 5.74) is 4.18. The van der Waals surface area contributed by atoms with Crippen molar-refractivity contribution in [1.29, 1.82) is 0 Å². The molecule has 0 saturated carbocycles. The fourth-order valence-corrected chi connectivity index (χ4v) is 4.95. The number of aromatic nitrogens is 4. The number of nitrogens with one attached hydrogen (secondary N) is 1. The van der Waals surface area contributed by atoms with Gasteiger partial charge in [0.05, 0.1) is 22.5 Å². The number of thiophene rings is 1. The molecule has 0 radical (unpaired) electrons. The molecule has 0 aliphatic heterocycles. The maximum atomic E-state index is 13.1. The summed E-state index contributed by atoms with van der Waals surface area (Å²) < 4.78 is 3.59. The third-order valence-electron chi connectivity index (χ3n) is 5.14. The minimum atomic E-state index is 0.0774. The molecule has 4 rings (SSSR count). The highest BCUT2D eigenvalue weighted by Gasteiger charge is 2.22. The highest BCUT2D eigenvalue weighted by Crippen LogP contribution is 2.34. The Bertz CT molecular complexity index is 1030. The molecule has 6 nitrogen and oxygen atoms in total. The smallest absolute Gasteiger partial charge is 0.263 e. The van der Waals surface area contributed by atoms with E-state index in [0.29, 0.717) is 12.5 Å². The predicted molar refractivity (Wildman–Crippen MR) is 102 cm³/mol. The molecule has 0 unspecified atom stereocenters. The SMILES string of the molecule is CCn1c(Nc2c(C)nn(C)c2C)nc2sc3c(c2c1=O)CCCC3. The Morgan fingerprint density at radius 2 is 2.00 bits per heavy atom. The third-order valence-corrected chi connectivity index (χ3v) is 6.32. The van der Waals surface area contributed by atoms with Gasteiger partial charge in [-0.3, -0.25) is 14.0 Å². The van der Waals surface area contributed by atoms with Crippen molar-refractivity contribution >= 4 is 33.2 Å². The van der Waals surface area contributed by atoms with E-state index >= 15 is 0 Å². The number of fused-ring (bicyclic) bond motifs is 3. The Kier molecular flexibility index (Phi) is 3.91. The highest BCUT2D eigenvalue weighted by molar-refractivity contribution is 7.18. The summed E-state index contributed by atoms with van der Waals surface area (Å²) in [5, 5.41) is 8.65. The number of rotatable bonds is 3. The molecule has 1 N–H and O–H groups in total. The van der Waals surface area contributed by atoms with E-state index in [1.165, 1.54) is 23.3 Å². The molecule has 25 heavy (non-hydrogen) atoms. The summed E-state index contributed by atoms with van der Waals surface area (Å²) >= 11 is 1.69. The molecule has 0 saturated heterocycles. The Hall–Kier alpha value is -2.15. The zero-order valence-corrected chi connectivity index (χ0v) is 16.0. The Morgan fingerprint density at radius 1 is 1.24 bits per heavy atom. The van der Waals surface area contributed by atoms with Crippen molar-refractivity contribution in [3.63, 3.8) is 0 Å². The fourth-order valence-electron chi connectivity index (χ4n) is 3.69. The van der Waals surface area contributed by atoms with Crippen molar-refractivity contribution in [3.8, 4) is 0 Å². The van der Waals surface area contributed by atoms with Gasteiger partial charge < -0.3 is 5.32 Å². The number of hydrogen-bond acceptors (Lipinski definition) is 5. The fraction of sp³-hybridized carbons (Fsp3) is 0.500. The molecule has 3 aromatic heterocycles. The van der Waals surface area contributed by atoms with Gasteiger partial charge in [-0.25, -0.2) is 4.98 Å². The van der Waals surface area contributed by atoms with Gasteiger partial charge in [-0.15, -0.1) is 11.3 Å². The van der Waals surface area contributed by atoms with E-state index in [1.807, 2.05) is 32.5 Å². The Balaban J connectivity index is 1.91. The van der Waals surface area contributed by atoms with Crippen molar-refractivity contribution in [2.24, 2.45) is 7.05 Å². The van der Waals surface area contributed by atoms with Gasteiger partial charge in [0.25, 0.3) is 5.56 Å². The highest BCUT2D eigenvalue weighted by atomic mass is 32.1. The van der Waals surface area contributed by atoms with Crippen LogP contribution in [0.1, 0.15) is 41.6 Å². The van der Waals surface area contributed by atoms with Gasteiger partial charge in [-0.2, -0.15) is 5.10 Å². The summed E-state index contributed by atoms with van der Waals surface area (Å²) in [5.74, 6) is 0.609. The summed E-state index contributed by atoms with van der Waals surface area (Å²) in [6, 6.07) is 0. The number of hydrogen-bond donors (Lipinski definition) is 1. The first-order valence-electron chi connectivity index (χ1n) is 8.83. The minimum absolute atomic E-state index is 0.0774. The first kappa shape index (κ1) is 16.3. The van der Waals surface area contributed by atoms with Crippen LogP contribution in [0.25, 0.3) is 10.2 Å². The lowest BCUT2D eigenvalue weighted by molar-refractivity contribution is 0.696. The molecule has 132 valence electrons. The van der Waals surface area contributed by atoms with Crippen LogP contribution in [0.2, 0.25) is 0 Å². The van der Waals surface area contributed by atoms with E-state index in [2.05, 4.69) is 10.4 Å². The van der Waals surface area contributed by atoms with Crippen LogP contribution in [0, 0.1) is 13.8 Å². The van der Waals surface area contributed by atoms with Crippen LogP contribution in [-0.2, 0) is 26.4 Å². The van der Waals surface area contributed by atoms with Gasteiger partial charge in [0, 0.05) is 18.5 Å². The first-order valence-corrected chi connectivity index (χ1v) is 9.65. The van der Waals surface area contributed by atoms with Gasteiger partial charge in [-0.1, -0.05) is 0 Å². The molecular weight excluding hydrogens is 334 g/mol. The molecule has 0 fully saturated rings. The van der Waals surface area contributed by atoms with Crippen LogP contribution in [0.4, 0.5) is 11.6 Å². The van der Waals surface area contributed by atoms with Crippen LogP contribution in [0.15, 0.2) is 4.79 Å². The average Bonchev–Trinajstić information content (AvgIpc) is 3.07. The van der Waals surface area contributed by atoms with Crippen molar-refractivity contribution in [2.45, 2.75) is 53.0 Å². The molecule has 0 aromatic carbocycles. The van der Waals surface area contributed by atoms with Crippen molar-refractivity contribution < 1.29 is 0 Å². The Labute approximate surface area is 150 Å². The quantitative estimate of drug-likeness (QED) is 0.780. The van der Waals surface area contributed by atoms with Gasteiger partial charge in [-0.05, 0) is 52.0 Å². The third kappa shape index (κ3) is 2.49. The van der Waals surface area contributed by atoms with Crippen molar-refractivity contribution in [2.75, 3.05) is 5.32 Å². The number of nitrogens with zero attached hydrogens (tertiary/aromatic N) is 4. The molecule has 3 heterocycles. The van der Waals surface area contributed by atoms with Crippen molar-refractivity contribution in [3.05, 3.63) is 32.2 Å². The second kappa shape index (κ2) is 5.98. The maximum Gasteiger partial charge on any atom is 0.263 e. The summed E-state index contributed by atoms with van der Waals surface area (Å²) in [6.45, 7) is 6.56. The molecule has 0 bridgehead atoms. The van der Waals surface area contributed by atoms with Gasteiger partial charge in [0.2, 0.25) is 5.95 Å². The summed E-state index contributed by atoms with van der Waals surface area (Å²) in [6.07, 6.45) is 4.45. The molecule has 1 aliphatic carbocycles. The molecular formula is C18H23N5OS. The van der Waals surface area contributed by atoms with E-state index in [1.54, 1.807) is 15.9 Å². The average molecular weight is 357 g/mol. The van der Waals surface area contributed by atoms with Crippen LogP contribution < -0.4 is 10.9 Å². The van der Waals surface area contributed by atoms with Crippen molar-refractivity contribution in [1.82, 2.24) is 19.3 Å². The maximum absolute atomic E-state index is 13.1. The van der Waals surface area contributed by atoms with E-state index < -0.39 is 0 Å². The normalized spacial score (nSPS) is 14.1. The van der Waals surface area contributed by atoms with Crippen LogP contribution in [-0.4, -0.2) is 19.3 Å². The molecule has 1 aliphatic rings. The lowest BCUT2D eigenvalue weighted by Crippen LogP contribution is -2.24. The summed E-state index contributed by atoms with van der Waals surface area (Å²) in [4.78, 5) is 20.2. The topological polar surface area (TPSA) is 64.7 Å². The van der Waals surface area contributed by atoms with Crippen LogP contribution in [0.5, 0.6) is 0 Å². The number of anilines is 2. The molecule has 0 atom stereocenters. The van der Waals surface area contributed by atoms with Gasteiger partial charge in [0.15, 0.2) is 0 Å². The zero-order valence-electron chi connectivity index (χ0n) is 15.1. The summed E-state index contributed by atoms with van der Waals surface area (Å²) in [7, 11) is 1.92. The van der Waals surface area contributed by atoms with Gasteiger partial charge in [0.1, 0.15) is 4.83 Å². The van der Waals surface area contributed by atoms with E-state index in [-0.39, 0.29) is 5.56 Å².